The summed E-state index contributed by atoms with van der Waals surface area (Å²) in [5.41, 5.74) is 5.01. The molecule has 13 nitrogen and oxygen atoms in total. The summed E-state index contributed by atoms with van der Waals surface area (Å²) in [5, 5.41) is 16.0. The van der Waals surface area contributed by atoms with Crippen molar-refractivity contribution in [3.63, 3.8) is 0 Å². The van der Waals surface area contributed by atoms with Crippen molar-refractivity contribution in [1.29, 1.82) is 0 Å². The van der Waals surface area contributed by atoms with E-state index in [2.05, 4.69) is 15.5 Å². The predicted molar refractivity (Wildman–Crippen MR) is 91.0 cm³/mol. The first-order valence-corrected chi connectivity index (χ1v) is 9.50. The van der Waals surface area contributed by atoms with Crippen LogP contribution in [-0.4, -0.2) is 69.0 Å². The van der Waals surface area contributed by atoms with Crippen LogP contribution in [0.3, 0.4) is 0 Å². The van der Waals surface area contributed by atoms with E-state index in [0.29, 0.717) is 0 Å². The zero-order chi connectivity index (χ0) is 20.5. The van der Waals surface area contributed by atoms with Gasteiger partial charge in [0.05, 0.1) is 6.04 Å². The summed E-state index contributed by atoms with van der Waals surface area (Å²) >= 11 is 0.981. The van der Waals surface area contributed by atoms with Crippen molar-refractivity contribution in [3.05, 3.63) is 11.1 Å². The van der Waals surface area contributed by atoms with Crippen LogP contribution in [0.15, 0.2) is 10.5 Å². The summed E-state index contributed by atoms with van der Waals surface area (Å²) < 4.78 is 31.3. The zero-order valence-corrected chi connectivity index (χ0v) is 15.5. The number of carboxylic acid groups (broad SMARTS) is 1. The van der Waals surface area contributed by atoms with Crippen molar-refractivity contribution in [1.82, 2.24) is 14.6 Å². The van der Waals surface area contributed by atoms with Crippen molar-refractivity contribution in [2.24, 2.45) is 5.16 Å². The van der Waals surface area contributed by atoms with Crippen LogP contribution < -0.4 is 11.1 Å². The van der Waals surface area contributed by atoms with Gasteiger partial charge < -0.3 is 21.0 Å². The second-order valence-corrected chi connectivity index (χ2v) is 7.58. The number of carboxylic acids is 1. The standard InChI is InChI=1S/C12H15N5O8S2/c1-4-7(10(19)17(4)27(22,23)24)15-9(18)8(6-3-26-12(13)14-6)16-25-5(2)11(20)21/h3-5,7H,1-2H3,(H2,13,14)(H,15,18)(H,20,21)(H,22,23,24)/b16-8-/t4?,5-,7?/m1/s1. The highest BCUT2D eigenvalue weighted by molar-refractivity contribution is 7.84. The molecule has 0 saturated carbocycles. The predicted octanol–water partition coefficient (Wildman–Crippen LogP) is -1.56. The Balaban J connectivity index is 2.21. The number of aromatic nitrogens is 1. The van der Waals surface area contributed by atoms with E-state index in [1.807, 2.05) is 0 Å². The minimum atomic E-state index is -4.75. The normalized spacial score (nSPS) is 21.4. The number of β-lactam (4-membered cyclic amide) rings is 1. The molecule has 0 radical (unpaired) electrons. The molecule has 2 unspecified atom stereocenters. The summed E-state index contributed by atoms with van der Waals surface area (Å²) in [6.07, 6.45) is -1.37. The van der Waals surface area contributed by atoms with Gasteiger partial charge in [-0.3, -0.25) is 14.1 Å². The number of carbonyl (C=O) groups excluding carboxylic acids is 2. The van der Waals surface area contributed by atoms with E-state index in [1.54, 1.807) is 0 Å². The van der Waals surface area contributed by atoms with Crippen LogP contribution >= 0.6 is 11.3 Å². The first kappa shape index (κ1) is 20.5. The van der Waals surface area contributed by atoms with E-state index in [-0.39, 0.29) is 15.1 Å². The molecular formula is C12H15N5O8S2. The molecule has 148 valence electrons. The minimum Gasteiger partial charge on any atom is -0.478 e. The van der Waals surface area contributed by atoms with Gasteiger partial charge in [-0.2, -0.15) is 8.42 Å². The van der Waals surface area contributed by atoms with Crippen LogP contribution in [0.5, 0.6) is 0 Å². The lowest BCUT2D eigenvalue weighted by Crippen LogP contribution is -2.71. The highest BCUT2D eigenvalue weighted by Gasteiger charge is 2.51. The topological polar surface area (TPSA) is 202 Å². The Bertz CT molecular complexity index is 911. The third-order valence-electron chi connectivity index (χ3n) is 3.50. The first-order valence-electron chi connectivity index (χ1n) is 7.23. The Morgan fingerprint density at radius 2 is 2.15 bits per heavy atom. The van der Waals surface area contributed by atoms with Gasteiger partial charge in [0.1, 0.15) is 11.7 Å². The number of aliphatic carboxylic acids is 1. The van der Waals surface area contributed by atoms with Crippen LogP contribution in [0.25, 0.3) is 0 Å². The van der Waals surface area contributed by atoms with Gasteiger partial charge >= 0.3 is 16.3 Å². The molecule has 2 heterocycles. The second kappa shape index (κ2) is 7.45. The third kappa shape index (κ3) is 4.32. The average molecular weight is 421 g/mol. The van der Waals surface area contributed by atoms with Gasteiger partial charge in [-0.15, -0.1) is 11.3 Å². The number of hydrogen-bond donors (Lipinski definition) is 4. The Labute approximate surface area is 156 Å². The molecule has 2 amide bonds. The van der Waals surface area contributed by atoms with Crippen LogP contribution in [0.2, 0.25) is 0 Å². The number of oxime groups is 1. The number of nitrogens with two attached hydrogens (primary N) is 1. The highest BCUT2D eigenvalue weighted by Crippen LogP contribution is 2.23. The summed E-state index contributed by atoms with van der Waals surface area (Å²) in [5.74, 6) is -3.35. The Morgan fingerprint density at radius 1 is 1.52 bits per heavy atom. The number of amides is 2. The number of nitrogens with zero attached hydrogens (tertiary/aromatic N) is 3. The molecule has 1 aliphatic rings. The molecule has 1 aliphatic heterocycles. The fraction of sp³-hybridized carbons (Fsp3) is 0.417. The zero-order valence-electron chi connectivity index (χ0n) is 13.9. The largest absolute Gasteiger partial charge is 0.478 e. The lowest BCUT2D eigenvalue weighted by Gasteiger charge is -2.42. The molecule has 27 heavy (non-hydrogen) atoms. The van der Waals surface area contributed by atoms with Crippen LogP contribution in [0.4, 0.5) is 5.13 Å². The summed E-state index contributed by atoms with van der Waals surface area (Å²) in [6, 6.07) is -2.30. The van der Waals surface area contributed by atoms with Crippen molar-refractivity contribution in [2.75, 3.05) is 5.73 Å². The van der Waals surface area contributed by atoms with Gasteiger partial charge in [-0.25, -0.2) is 14.1 Å². The highest BCUT2D eigenvalue weighted by atomic mass is 32.2. The number of nitrogen functional groups attached to an aromatic ring is 1. The molecule has 0 bridgehead atoms. The monoisotopic (exact) mass is 421 g/mol. The SMILES string of the molecule is CC1C(NC(=O)/C(=N\O[C@H](C)C(=O)O)c2csc(N)n2)C(=O)N1S(=O)(=O)O. The van der Waals surface area contributed by atoms with Crippen molar-refractivity contribution >= 4 is 50.3 Å². The van der Waals surface area contributed by atoms with Gasteiger partial charge in [0, 0.05) is 5.38 Å². The van der Waals surface area contributed by atoms with Gasteiger partial charge in [0.2, 0.25) is 6.10 Å². The molecule has 5 N–H and O–H groups in total. The average Bonchev–Trinajstić information content (AvgIpc) is 2.97. The molecule has 1 aromatic rings. The van der Waals surface area contributed by atoms with Gasteiger partial charge in [-0.05, 0) is 13.8 Å². The number of rotatable bonds is 7. The fourth-order valence-electron chi connectivity index (χ4n) is 2.09. The molecule has 0 aromatic carbocycles. The minimum absolute atomic E-state index is 0.0290. The molecule has 2 rings (SSSR count). The number of thiazole rings is 1. The summed E-state index contributed by atoms with van der Waals surface area (Å²) in [4.78, 5) is 43.7. The van der Waals surface area contributed by atoms with Crippen LogP contribution in [-0.2, 0) is 29.5 Å². The van der Waals surface area contributed by atoms with E-state index < -0.39 is 52.0 Å². The molecular weight excluding hydrogens is 406 g/mol. The molecule has 3 atom stereocenters. The van der Waals surface area contributed by atoms with Gasteiger partial charge in [0.25, 0.3) is 11.8 Å². The maximum absolute atomic E-state index is 12.5. The van der Waals surface area contributed by atoms with E-state index in [9.17, 15) is 22.8 Å². The van der Waals surface area contributed by atoms with Gasteiger partial charge in [-0.1, -0.05) is 5.16 Å². The lowest BCUT2D eigenvalue weighted by molar-refractivity contribution is -0.149. The van der Waals surface area contributed by atoms with Crippen molar-refractivity contribution in [2.45, 2.75) is 32.0 Å². The number of carbonyl (C=O) groups is 3. The van der Waals surface area contributed by atoms with E-state index in [1.165, 1.54) is 19.2 Å². The summed E-state index contributed by atoms with van der Waals surface area (Å²) in [6.45, 7) is 2.47. The van der Waals surface area contributed by atoms with Crippen molar-refractivity contribution < 1.29 is 37.3 Å². The van der Waals surface area contributed by atoms with Crippen molar-refractivity contribution in [3.8, 4) is 0 Å². The number of anilines is 1. The van der Waals surface area contributed by atoms with Crippen LogP contribution in [0, 0.1) is 0 Å². The maximum atomic E-state index is 12.5. The van der Waals surface area contributed by atoms with Gasteiger partial charge in [0.15, 0.2) is 10.8 Å². The molecule has 15 heteroatoms. The fourth-order valence-corrected chi connectivity index (χ4v) is 3.52. The molecule has 0 aliphatic carbocycles. The second-order valence-electron chi connectivity index (χ2n) is 5.40. The van der Waals surface area contributed by atoms with Crippen LogP contribution in [0.1, 0.15) is 19.5 Å². The van der Waals surface area contributed by atoms with E-state index in [4.69, 9.17) is 20.2 Å². The van der Waals surface area contributed by atoms with E-state index in [0.717, 1.165) is 11.3 Å². The number of hydrogen-bond acceptors (Lipinski definition) is 10. The Kier molecular flexibility index (Phi) is 5.67. The molecule has 1 aromatic heterocycles. The Morgan fingerprint density at radius 3 is 2.59 bits per heavy atom. The third-order valence-corrected chi connectivity index (χ3v) is 5.18. The molecule has 1 fully saturated rings. The first-order chi connectivity index (χ1) is 12.4. The lowest BCUT2D eigenvalue weighted by atomic mass is 10.0. The molecule has 1 saturated heterocycles. The smallest absolute Gasteiger partial charge is 0.362 e. The summed E-state index contributed by atoms with van der Waals surface area (Å²) in [7, 11) is -4.75. The molecule has 0 spiro atoms. The maximum Gasteiger partial charge on any atom is 0.362 e. The number of nitrogens with one attached hydrogen (secondary N) is 1. The Hall–Kier alpha value is -2.78. The quantitative estimate of drug-likeness (QED) is 0.172. The van der Waals surface area contributed by atoms with E-state index >= 15 is 0 Å².